The number of carbonyl (C=O) groups is 2. The number of aryl methyl sites for hydroxylation is 1. The maximum atomic E-state index is 12.9. The van der Waals surface area contributed by atoms with Crippen LogP contribution >= 0.6 is 0 Å². The van der Waals surface area contributed by atoms with E-state index in [1.807, 2.05) is 49.4 Å². The topological polar surface area (TPSA) is 52.7 Å². The van der Waals surface area contributed by atoms with Crippen molar-refractivity contribution >= 4 is 23.2 Å². The van der Waals surface area contributed by atoms with Gasteiger partial charge in [-0.3, -0.25) is 9.59 Å². The first-order valence-corrected chi connectivity index (χ1v) is 10.0. The Balaban J connectivity index is 1.72. The minimum atomic E-state index is -0.422. The monoisotopic (exact) mass is 379 g/mol. The van der Waals surface area contributed by atoms with E-state index in [0.717, 1.165) is 35.6 Å². The van der Waals surface area contributed by atoms with Crippen molar-refractivity contribution in [3.05, 3.63) is 59.7 Å². The van der Waals surface area contributed by atoms with Crippen molar-refractivity contribution in [1.29, 1.82) is 0 Å². The van der Waals surface area contributed by atoms with Gasteiger partial charge in [0.1, 0.15) is 6.04 Å². The van der Waals surface area contributed by atoms with E-state index >= 15 is 0 Å². The van der Waals surface area contributed by atoms with Gasteiger partial charge in [0, 0.05) is 37.4 Å². The molecule has 2 aromatic rings. The SMILES string of the molecule is CCN(CC)c1ccc(NC(=O)C2CCC(=O)N2Cc2ccccc2)c(C)c1. The van der Waals surface area contributed by atoms with Crippen LogP contribution < -0.4 is 10.2 Å². The first-order valence-electron chi connectivity index (χ1n) is 10.0. The molecule has 1 aliphatic rings. The summed E-state index contributed by atoms with van der Waals surface area (Å²) in [6.45, 7) is 8.63. The Morgan fingerprint density at radius 1 is 1.14 bits per heavy atom. The van der Waals surface area contributed by atoms with Gasteiger partial charge in [-0.2, -0.15) is 0 Å². The van der Waals surface area contributed by atoms with Crippen LogP contribution in [0.15, 0.2) is 48.5 Å². The van der Waals surface area contributed by atoms with Crippen LogP contribution in [-0.2, 0) is 16.1 Å². The molecule has 1 N–H and O–H groups in total. The van der Waals surface area contributed by atoms with Gasteiger partial charge in [0.2, 0.25) is 11.8 Å². The van der Waals surface area contributed by atoms with Gasteiger partial charge in [0.25, 0.3) is 0 Å². The molecule has 1 fully saturated rings. The van der Waals surface area contributed by atoms with Crippen LogP contribution in [0.5, 0.6) is 0 Å². The van der Waals surface area contributed by atoms with Crippen LogP contribution in [0.1, 0.15) is 37.8 Å². The molecule has 1 atom stereocenters. The summed E-state index contributed by atoms with van der Waals surface area (Å²) < 4.78 is 0. The Morgan fingerprint density at radius 3 is 2.50 bits per heavy atom. The summed E-state index contributed by atoms with van der Waals surface area (Å²) in [6.07, 6.45) is 0.985. The number of carbonyl (C=O) groups excluding carboxylic acids is 2. The van der Waals surface area contributed by atoms with E-state index in [-0.39, 0.29) is 11.8 Å². The fourth-order valence-electron chi connectivity index (χ4n) is 3.77. The van der Waals surface area contributed by atoms with Crippen LogP contribution in [-0.4, -0.2) is 35.8 Å². The number of nitrogens with one attached hydrogen (secondary N) is 1. The van der Waals surface area contributed by atoms with Crippen LogP contribution in [0.4, 0.5) is 11.4 Å². The lowest BCUT2D eigenvalue weighted by molar-refractivity contribution is -0.133. The maximum Gasteiger partial charge on any atom is 0.247 e. The lowest BCUT2D eigenvalue weighted by Gasteiger charge is -2.25. The zero-order valence-corrected chi connectivity index (χ0v) is 16.9. The normalized spacial score (nSPS) is 16.3. The number of nitrogens with zero attached hydrogens (tertiary/aromatic N) is 2. The van der Waals surface area contributed by atoms with Gasteiger partial charge in [-0.25, -0.2) is 0 Å². The van der Waals surface area contributed by atoms with Gasteiger partial charge in [-0.15, -0.1) is 0 Å². The van der Waals surface area contributed by atoms with Gasteiger partial charge in [-0.1, -0.05) is 30.3 Å². The molecule has 148 valence electrons. The number of hydrogen-bond donors (Lipinski definition) is 1. The molecule has 2 amide bonds. The summed E-state index contributed by atoms with van der Waals surface area (Å²) in [5, 5.41) is 3.04. The maximum absolute atomic E-state index is 12.9. The second-order valence-corrected chi connectivity index (χ2v) is 7.22. The summed E-state index contributed by atoms with van der Waals surface area (Å²) in [5.41, 5.74) is 4.02. The number of hydrogen-bond acceptors (Lipinski definition) is 3. The quantitative estimate of drug-likeness (QED) is 0.792. The molecule has 0 bridgehead atoms. The van der Waals surface area contributed by atoms with E-state index in [1.165, 1.54) is 0 Å². The Kier molecular flexibility index (Phi) is 6.34. The summed E-state index contributed by atoms with van der Waals surface area (Å²) >= 11 is 0. The molecule has 1 heterocycles. The molecule has 3 rings (SSSR count). The van der Waals surface area contributed by atoms with E-state index in [4.69, 9.17) is 0 Å². The molecule has 0 spiro atoms. The zero-order valence-electron chi connectivity index (χ0n) is 16.9. The van der Waals surface area contributed by atoms with Crippen LogP contribution in [0.2, 0.25) is 0 Å². The first-order chi connectivity index (χ1) is 13.5. The van der Waals surface area contributed by atoms with Crippen LogP contribution in [0.25, 0.3) is 0 Å². The first kappa shape index (κ1) is 19.9. The third kappa shape index (κ3) is 4.35. The Bertz CT molecular complexity index is 831. The molecule has 1 saturated heterocycles. The van der Waals surface area contributed by atoms with Crippen LogP contribution in [0.3, 0.4) is 0 Å². The molecule has 0 aromatic heterocycles. The average molecular weight is 380 g/mol. The van der Waals surface area contributed by atoms with E-state index in [9.17, 15) is 9.59 Å². The van der Waals surface area contributed by atoms with E-state index < -0.39 is 6.04 Å². The lowest BCUT2D eigenvalue weighted by atomic mass is 10.1. The summed E-state index contributed by atoms with van der Waals surface area (Å²) in [7, 11) is 0. The number of amides is 2. The molecule has 2 aromatic carbocycles. The predicted molar refractivity (Wildman–Crippen MR) is 113 cm³/mol. The molecule has 28 heavy (non-hydrogen) atoms. The molecule has 0 saturated carbocycles. The summed E-state index contributed by atoms with van der Waals surface area (Å²) in [5.74, 6) is -0.0712. The fourth-order valence-corrected chi connectivity index (χ4v) is 3.77. The molecule has 5 nitrogen and oxygen atoms in total. The van der Waals surface area contributed by atoms with Crippen molar-refractivity contribution < 1.29 is 9.59 Å². The second kappa shape index (κ2) is 8.91. The number of benzene rings is 2. The smallest absolute Gasteiger partial charge is 0.247 e. The zero-order chi connectivity index (χ0) is 20.1. The van der Waals surface area contributed by atoms with E-state index in [2.05, 4.69) is 30.1 Å². The van der Waals surface area contributed by atoms with Gasteiger partial charge in [0.05, 0.1) is 0 Å². The Labute approximate surface area is 167 Å². The predicted octanol–water partition coefficient (Wildman–Crippen LogP) is 3.97. The third-order valence-corrected chi connectivity index (χ3v) is 5.42. The highest BCUT2D eigenvalue weighted by Gasteiger charge is 2.36. The summed E-state index contributed by atoms with van der Waals surface area (Å²) in [4.78, 5) is 29.2. The van der Waals surface area contributed by atoms with Crippen molar-refractivity contribution in [2.24, 2.45) is 0 Å². The minimum absolute atomic E-state index is 0.0395. The van der Waals surface area contributed by atoms with E-state index in [1.54, 1.807) is 4.90 Å². The molecular weight excluding hydrogens is 350 g/mol. The molecule has 1 aliphatic heterocycles. The highest BCUT2D eigenvalue weighted by molar-refractivity contribution is 5.99. The molecule has 0 radical (unpaired) electrons. The van der Waals surface area contributed by atoms with E-state index in [0.29, 0.717) is 19.4 Å². The van der Waals surface area contributed by atoms with Crippen molar-refractivity contribution in [3.63, 3.8) is 0 Å². The molecule has 5 heteroatoms. The lowest BCUT2D eigenvalue weighted by Crippen LogP contribution is -2.41. The second-order valence-electron chi connectivity index (χ2n) is 7.22. The summed E-state index contributed by atoms with van der Waals surface area (Å²) in [6, 6.07) is 15.5. The Hall–Kier alpha value is -2.82. The van der Waals surface area contributed by atoms with Crippen molar-refractivity contribution in [3.8, 4) is 0 Å². The highest BCUT2D eigenvalue weighted by atomic mass is 16.2. The van der Waals surface area contributed by atoms with Gasteiger partial charge in [-0.05, 0) is 56.5 Å². The van der Waals surface area contributed by atoms with Crippen molar-refractivity contribution in [2.75, 3.05) is 23.3 Å². The standard InChI is InChI=1S/C23H29N3O2/c1-4-25(5-2)19-11-12-20(17(3)15-19)24-23(28)21-13-14-22(27)26(21)16-18-9-7-6-8-10-18/h6-12,15,21H,4-5,13-14,16H2,1-3H3,(H,24,28). The minimum Gasteiger partial charge on any atom is -0.372 e. The molecule has 0 aliphatic carbocycles. The van der Waals surface area contributed by atoms with Crippen LogP contribution in [0, 0.1) is 6.92 Å². The largest absolute Gasteiger partial charge is 0.372 e. The van der Waals surface area contributed by atoms with Gasteiger partial charge >= 0.3 is 0 Å². The number of rotatable bonds is 7. The van der Waals surface area contributed by atoms with Crippen molar-refractivity contribution in [2.45, 2.75) is 46.2 Å². The average Bonchev–Trinajstić information content (AvgIpc) is 3.06. The van der Waals surface area contributed by atoms with Gasteiger partial charge in [0.15, 0.2) is 0 Å². The molecule has 1 unspecified atom stereocenters. The number of likely N-dealkylation sites (tertiary alicyclic amines) is 1. The highest BCUT2D eigenvalue weighted by Crippen LogP contribution is 2.26. The molecular formula is C23H29N3O2. The Morgan fingerprint density at radius 2 is 1.86 bits per heavy atom. The number of anilines is 2. The fraction of sp³-hybridized carbons (Fsp3) is 0.391. The van der Waals surface area contributed by atoms with Gasteiger partial charge < -0.3 is 15.1 Å². The van der Waals surface area contributed by atoms with Crippen molar-refractivity contribution in [1.82, 2.24) is 4.90 Å². The third-order valence-electron chi connectivity index (χ3n) is 5.42.